The van der Waals surface area contributed by atoms with Crippen molar-refractivity contribution in [2.24, 2.45) is 0 Å². The Balaban J connectivity index is 2.42. The summed E-state index contributed by atoms with van der Waals surface area (Å²) in [5.41, 5.74) is 0.351. The molecule has 0 aromatic heterocycles. The molecule has 4 heteroatoms. The van der Waals surface area contributed by atoms with Crippen molar-refractivity contribution < 1.29 is 14.3 Å². The molecule has 0 bridgehead atoms. The first kappa shape index (κ1) is 12.3. The smallest absolute Gasteiger partial charge is 0.337 e. The topological polar surface area (TPSA) is 67.2 Å². The number of ether oxygens (including phenoxy) is 1. The molecule has 2 rings (SSSR count). The van der Waals surface area contributed by atoms with Crippen LogP contribution in [0.1, 0.15) is 35.2 Å². The Hall–Kier alpha value is -2.15. The molecule has 1 fully saturated rings. The SMILES string of the molecule is COC(=O)c1cccc(C2(C#N)CCC(=O)C2)c1. The number of carbonyl (C=O) groups excluding carboxylic acids is 2. The number of nitrogens with zero attached hydrogens (tertiary/aromatic N) is 1. The van der Waals surface area contributed by atoms with E-state index in [0.29, 0.717) is 18.4 Å². The van der Waals surface area contributed by atoms with Crippen LogP contribution in [0.3, 0.4) is 0 Å². The van der Waals surface area contributed by atoms with Crippen molar-refractivity contribution >= 4 is 11.8 Å². The van der Waals surface area contributed by atoms with Gasteiger partial charge in [0, 0.05) is 12.8 Å². The Bertz CT molecular complexity index is 544. The van der Waals surface area contributed by atoms with Crippen molar-refractivity contribution in [3.63, 3.8) is 0 Å². The average molecular weight is 243 g/mol. The molecule has 0 saturated heterocycles. The van der Waals surface area contributed by atoms with Crippen molar-refractivity contribution in [2.45, 2.75) is 24.7 Å². The normalized spacial score (nSPS) is 22.6. The van der Waals surface area contributed by atoms with Gasteiger partial charge >= 0.3 is 5.97 Å². The molecule has 1 aromatic carbocycles. The number of rotatable bonds is 2. The van der Waals surface area contributed by atoms with Crippen LogP contribution in [0.5, 0.6) is 0 Å². The van der Waals surface area contributed by atoms with Gasteiger partial charge in [-0.3, -0.25) is 4.79 Å². The Kier molecular flexibility index (Phi) is 3.15. The minimum absolute atomic E-state index is 0.0972. The quantitative estimate of drug-likeness (QED) is 0.745. The van der Waals surface area contributed by atoms with Gasteiger partial charge in [-0.1, -0.05) is 12.1 Å². The van der Waals surface area contributed by atoms with Gasteiger partial charge in [0.1, 0.15) is 5.78 Å². The van der Waals surface area contributed by atoms with E-state index in [4.69, 9.17) is 0 Å². The summed E-state index contributed by atoms with van der Waals surface area (Å²) >= 11 is 0. The first-order chi connectivity index (χ1) is 8.61. The van der Waals surface area contributed by atoms with Crippen molar-refractivity contribution in [1.29, 1.82) is 5.26 Å². The summed E-state index contributed by atoms with van der Waals surface area (Å²) in [4.78, 5) is 22.9. The van der Waals surface area contributed by atoms with Crippen LogP contribution < -0.4 is 0 Å². The van der Waals surface area contributed by atoms with Crippen LogP contribution in [-0.4, -0.2) is 18.9 Å². The van der Waals surface area contributed by atoms with Gasteiger partial charge in [0.2, 0.25) is 0 Å². The lowest BCUT2D eigenvalue weighted by Gasteiger charge is -2.20. The number of methoxy groups -OCH3 is 1. The molecule has 0 spiro atoms. The minimum Gasteiger partial charge on any atom is -0.465 e. The predicted molar refractivity (Wildman–Crippen MR) is 63.9 cm³/mol. The Labute approximate surface area is 105 Å². The van der Waals surface area contributed by atoms with E-state index < -0.39 is 11.4 Å². The average Bonchev–Trinajstić information content (AvgIpc) is 2.81. The van der Waals surface area contributed by atoms with E-state index in [1.807, 2.05) is 0 Å². The number of nitriles is 1. The summed E-state index contributed by atoms with van der Waals surface area (Å²) in [5, 5.41) is 9.36. The van der Waals surface area contributed by atoms with Crippen LogP contribution in [0.25, 0.3) is 0 Å². The molecule has 1 aromatic rings. The molecule has 0 aliphatic heterocycles. The van der Waals surface area contributed by atoms with Crippen LogP contribution >= 0.6 is 0 Å². The van der Waals surface area contributed by atoms with Gasteiger partial charge in [0.05, 0.1) is 24.2 Å². The van der Waals surface area contributed by atoms with Crippen molar-refractivity contribution in [3.8, 4) is 6.07 Å². The fraction of sp³-hybridized carbons (Fsp3) is 0.357. The van der Waals surface area contributed by atoms with Gasteiger partial charge in [-0.15, -0.1) is 0 Å². The van der Waals surface area contributed by atoms with Gasteiger partial charge in [-0.25, -0.2) is 4.79 Å². The third kappa shape index (κ3) is 2.00. The molecule has 4 nitrogen and oxygen atoms in total. The Morgan fingerprint density at radius 3 is 2.83 bits per heavy atom. The molecule has 92 valence electrons. The molecular weight excluding hydrogens is 230 g/mol. The first-order valence-electron chi connectivity index (χ1n) is 5.73. The molecule has 18 heavy (non-hydrogen) atoms. The van der Waals surface area contributed by atoms with E-state index in [2.05, 4.69) is 10.8 Å². The Morgan fingerprint density at radius 1 is 1.50 bits per heavy atom. The van der Waals surface area contributed by atoms with Gasteiger partial charge in [0.25, 0.3) is 0 Å². The molecule has 1 unspecified atom stereocenters. The largest absolute Gasteiger partial charge is 0.465 e. The highest BCUT2D eigenvalue weighted by Gasteiger charge is 2.40. The molecule has 1 aliphatic carbocycles. The van der Waals surface area contributed by atoms with E-state index in [0.717, 1.165) is 5.56 Å². The number of benzene rings is 1. The van der Waals surface area contributed by atoms with E-state index >= 15 is 0 Å². The van der Waals surface area contributed by atoms with Crippen molar-refractivity contribution in [2.75, 3.05) is 7.11 Å². The van der Waals surface area contributed by atoms with Crippen LogP contribution in [0, 0.1) is 11.3 Å². The number of hydrogen-bond acceptors (Lipinski definition) is 4. The molecule has 1 aliphatic rings. The summed E-state index contributed by atoms with van der Waals surface area (Å²) in [6, 6.07) is 9.02. The Morgan fingerprint density at radius 2 is 2.28 bits per heavy atom. The maximum absolute atomic E-state index is 11.5. The number of esters is 1. The highest BCUT2D eigenvalue weighted by atomic mass is 16.5. The van der Waals surface area contributed by atoms with Gasteiger partial charge in [-0.05, 0) is 24.1 Å². The summed E-state index contributed by atoms with van der Waals surface area (Å²) < 4.78 is 4.65. The van der Waals surface area contributed by atoms with Crippen LogP contribution in [0.2, 0.25) is 0 Å². The summed E-state index contributed by atoms with van der Waals surface area (Å²) in [6.45, 7) is 0. The zero-order chi connectivity index (χ0) is 13.2. The van der Waals surface area contributed by atoms with Crippen LogP contribution in [-0.2, 0) is 14.9 Å². The summed E-state index contributed by atoms with van der Waals surface area (Å²) in [6.07, 6.45) is 1.18. The lowest BCUT2D eigenvalue weighted by molar-refractivity contribution is -0.117. The van der Waals surface area contributed by atoms with Crippen LogP contribution in [0.4, 0.5) is 0 Å². The number of Topliss-reactive ketones (excluding diaryl/α,β-unsaturated/α-hetero) is 1. The monoisotopic (exact) mass is 243 g/mol. The summed E-state index contributed by atoms with van der Waals surface area (Å²) in [5.74, 6) is -0.339. The molecule has 0 heterocycles. The van der Waals surface area contributed by atoms with Gasteiger partial charge in [0.15, 0.2) is 0 Å². The number of carbonyl (C=O) groups is 2. The maximum atomic E-state index is 11.5. The summed E-state index contributed by atoms with van der Waals surface area (Å²) in [7, 11) is 1.31. The fourth-order valence-corrected chi connectivity index (χ4v) is 2.33. The molecule has 0 N–H and O–H groups in total. The second-order valence-corrected chi connectivity index (χ2v) is 4.48. The van der Waals surface area contributed by atoms with E-state index in [1.54, 1.807) is 24.3 Å². The molecular formula is C14H13NO3. The third-order valence-electron chi connectivity index (χ3n) is 3.38. The predicted octanol–water partition coefficient (Wildman–Crippen LogP) is 1.99. The minimum atomic E-state index is -0.777. The fourth-order valence-electron chi connectivity index (χ4n) is 2.33. The lowest BCUT2D eigenvalue weighted by Crippen LogP contribution is -2.21. The van der Waals surface area contributed by atoms with E-state index in [-0.39, 0.29) is 12.2 Å². The molecule has 1 atom stereocenters. The van der Waals surface area contributed by atoms with E-state index in [9.17, 15) is 14.9 Å². The first-order valence-corrected chi connectivity index (χ1v) is 5.73. The zero-order valence-electron chi connectivity index (χ0n) is 10.1. The van der Waals surface area contributed by atoms with Crippen molar-refractivity contribution in [1.82, 2.24) is 0 Å². The molecule has 0 amide bonds. The zero-order valence-corrected chi connectivity index (χ0v) is 10.1. The second-order valence-electron chi connectivity index (χ2n) is 4.48. The van der Waals surface area contributed by atoms with Gasteiger partial charge in [-0.2, -0.15) is 5.26 Å². The highest BCUT2D eigenvalue weighted by molar-refractivity contribution is 5.90. The molecule has 1 saturated carbocycles. The third-order valence-corrected chi connectivity index (χ3v) is 3.38. The number of hydrogen-bond donors (Lipinski definition) is 0. The van der Waals surface area contributed by atoms with E-state index in [1.165, 1.54) is 7.11 Å². The lowest BCUT2D eigenvalue weighted by atomic mass is 9.80. The van der Waals surface area contributed by atoms with Crippen LogP contribution in [0.15, 0.2) is 24.3 Å². The van der Waals surface area contributed by atoms with Gasteiger partial charge < -0.3 is 4.74 Å². The molecule has 0 radical (unpaired) electrons. The number of ketones is 1. The van der Waals surface area contributed by atoms with Crippen molar-refractivity contribution in [3.05, 3.63) is 35.4 Å². The maximum Gasteiger partial charge on any atom is 0.337 e. The second kappa shape index (κ2) is 4.61. The highest BCUT2D eigenvalue weighted by Crippen LogP contribution is 2.38. The standard InChI is InChI=1S/C14H13NO3/c1-18-13(17)10-3-2-4-11(7-10)14(9-15)6-5-12(16)8-14/h2-4,7H,5-6,8H2,1H3.